The molecule has 0 fully saturated rings. The Kier molecular flexibility index (Phi) is 4.26. The number of nitrogens with two attached hydrogens (primary N) is 1. The highest BCUT2D eigenvalue weighted by Gasteiger charge is 1.94. The van der Waals surface area contributed by atoms with Crippen LogP contribution in [0, 0.1) is 0 Å². The van der Waals surface area contributed by atoms with Gasteiger partial charge in [-0.15, -0.1) is 0 Å². The van der Waals surface area contributed by atoms with Gasteiger partial charge in [0.05, 0.1) is 18.5 Å². The van der Waals surface area contributed by atoms with Crippen molar-refractivity contribution >= 4 is 0 Å². The fraction of sp³-hybridized carbons (Fsp3) is 0.500. The molecular weight excluding hydrogens is 164 g/mol. The monoisotopic (exact) mass is 180 g/mol. The van der Waals surface area contributed by atoms with Gasteiger partial charge in [-0.3, -0.25) is 4.98 Å². The summed E-state index contributed by atoms with van der Waals surface area (Å²) in [7, 11) is 0. The lowest BCUT2D eigenvalue weighted by Crippen LogP contribution is -2.00. The summed E-state index contributed by atoms with van der Waals surface area (Å²) >= 11 is 0. The zero-order valence-electron chi connectivity index (χ0n) is 7.99. The SMILES string of the molecule is CCCCOc1ccc(CN)nc1. The van der Waals surface area contributed by atoms with Gasteiger partial charge in [0.2, 0.25) is 0 Å². The maximum atomic E-state index is 5.44. The summed E-state index contributed by atoms with van der Waals surface area (Å²) in [5.41, 5.74) is 6.31. The Bertz CT molecular complexity index is 233. The summed E-state index contributed by atoms with van der Waals surface area (Å²) < 4.78 is 5.44. The molecule has 0 radical (unpaired) electrons. The lowest BCUT2D eigenvalue weighted by Gasteiger charge is -2.04. The van der Waals surface area contributed by atoms with Crippen LogP contribution < -0.4 is 10.5 Å². The maximum absolute atomic E-state index is 5.44. The van der Waals surface area contributed by atoms with Gasteiger partial charge < -0.3 is 10.5 Å². The quantitative estimate of drug-likeness (QED) is 0.702. The molecule has 13 heavy (non-hydrogen) atoms. The molecule has 0 spiro atoms. The first-order valence-electron chi connectivity index (χ1n) is 4.64. The summed E-state index contributed by atoms with van der Waals surface area (Å²) in [6, 6.07) is 3.80. The minimum absolute atomic E-state index is 0.481. The molecule has 1 rings (SSSR count). The summed E-state index contributed by atoms with van der Waals surface area (Å²) in [5, 5.41) is 0. The van der Waals surface area contributed by atoms with Crippen LogP contribution in [0.15, 0.2) is 18.3 Å². The summed E-state index contributed by atoms with van der Waals surface area (Å²) in [6.45, 7) is 3.38. The lowest BCUT2D eigenvalue weighted by atomic mass is 10.3. The summed E-state index contributed by atoms with van der Waals surface area (Å²) in [6.07, 6.45) is 3.95. The van der Waals surface area contributed by atoms with Crippen molar-refractivity contribution in [1.82, 2.24) is 4.98 Å². The zero-order chi connectivity index (χ0) is 9.52. The van der Waals surface area contributed by atoms with E-state index in [1.54, 1.807) is 6.20 Å². The van der Waals surface area contributed by atoms with Crippen LogP contribution in [0.1, 0.15) is 25.5 Å². The van der Waals surface area contributed by atoms with Gasteiger partial charge >= 0.3 is 0 Å². The van der Waals surface area contributed by atoms with Crippen molar-refractivity contribution in [2.45, 2.75) is 26.3 Å². The van der Waals surface area contributed by atoms with E-state index in [2.05, 4.69) is 11.9 Å². The first-order chi connectivity index (χ1) is 6.36. The Balaban J connectivity index is 2.40. The van der Waals surface area contributed by atoms with Crippen molar-refractivity contribution < 1.29 is 4.74 Å². The van der Waals surface area contributed by atoms with Gasteiger partial charge in [0, 0.05) is 6.54 Å². The lowest BCUT2D eigenvalue weighted by molar-refractivity contribution is 0.308. The zero-order valence-corrected chi connectivity index (χ0v) is 7.99. The second-order valence-corrected chi connectivity index (χ2v) is 2.89. The summed E-state index contributed by atoms with van der Waals surface area (Å²) in [4.78, 5) is 4.13. The standard InChI is InChI=1S/C10H16N2O/c1-2-3-6-13-10-5-4-9(7-11)12-8-10/h4-5,8H,2-3,6-7,11H2,1H3. The Morgan fingerprint density at radius 1 is 1.46 bits per heavy atom. The first-order valence-corrected chi connectivity index (χ1v) is 4.64. The summed E-state index contributed by atoms with van der Waals surface area (Å²) in [5.74, 6) is 0.825. The molecule has 0 unspecified atom stereocenters. The molecule has 72 valence electrons. The molecule has 1 heterocycles. The molecule has 0 bridgehead atoms. The number of pyridine rings is 1. The van der Waals surface area contributed by atoms with Crippen LogP contribution in [0.2, 0.25) is 0 Å². The van der Waals surface area contributed by atoms with E-state index < -0.39 is 0 Å². The second-order valence-electron chi connectivity index (χ2n) is 2.89. The number of hydrogen-bond donors (Lipinski definition) is 1. The van der Waals surface area contributed by atoms with E-state index in [0.717, 1.165) is 30.9 Å². The maximum Gasteiger partial charge on any atom is 0.137 e. The molecule has 0 amide bonds. The molecule has 0 saturated heterocycles. The van der Waals surface area contributed by atoms with E-state index in [9.17, 15) is 0 Å². The normalized spacial score (nSPS) is 10.0. The van der Waals surface area contributed by atoms with Crippen molar-refractivity contribution in [1.29, 1.82) is 0 Å². The molecular formula is C10H16N2O. The van der Waals surface area contributed by atoms with E-state index in [1.165, 1.54) is 0 Å². The molecule has 0 aliphatic heterocycles. The number of aromatic nitrogens is 1. The van der Waals surface area contributed by atoms with E-state index in [0.29, 0.717) is 6.54 Å². The number of unbranched alkanes of at least 4 members (excludes halogenated alkanes) is 1. The number of nitrogens with zero attached hydrogens (tertiary/aromatic N) is 1. The predicted molar refractivity (Wildman–Crippen MR) is 52.5 cm³/mol. The van der Waals surface area contributed by atoms with Crippen LogP contribution in [-0.2, 0) is 6.54 Å². The average Bonchev–Trinajstić information content (AvgIpc) is 2.19. The van der Waals surface area contributed by atoms with Crippen LogP contribution in [0.3, 0.4) is 0 Å². The van der Waals surface area contributed by atoms with Gasteiger partial charge in [-0.25, -0.2) is 0 Å². The Morgan fingerprint density at radius 3 is 2.85 bits per heavy atom. The first kappa shape index (κ1) is 9.99. The van der Waals surface area contributed by atoms with Crippen molar-refractivity contribution in [3.63, 3.8) is 0 Å². The Morgan fingerprint density at radius 2 is 2.31 bits per heavy atom. The minimum atomic E-state index is 0.481. The van der Waals surface area contributed by atoms with Crippen LogP contribution >= 0.6 is 0 Å². The average molecular weight is 180 g/mol. The van der Waals surface area contributed by atoms with Gasteiger partial charge in [-0.2, -0.15) is 0 Å². The van der Waals surface area contributed by atoms with Gasteiger partial charge in [0.25, 0.3) is 0 Å². The third-order valence-corrected chi connectivity index (χ3v) is 1.77. The smallest absolute Gasteiger partial charge is 0.137 e. The van der Waals surface area contributed by atoms with Crippen molar-refractivity contribution in [3.05, 3.63) is 24.0 Å². The highest BCUT2D eigenvalue weighted by atomic mass is 16.5. The molecule has 3 heteroatoms. The largest absolute Gasteiger partial charge is 0.492 e. The number of rotatable bonds is 5. The van der Waals surface area contributed by atoms with Crippen LogP contribution in [0.5, 0.6) is 5.75 Å². The van der Waals surface area contributed by atoms with Gasteiger partial charge in [-0.05, 0) is 18.6 Å². The van der Waals surface area contributed by atoms with Crippen molar-refractivity contribution in [3.8, 4) is 5.75 Å². The molecule has 1 aromatic rings. The van der Waals surface area contributed by atoms with E-state index in [1.807, 2.05) is 12.1 Å². The molecule has 0 atom stereocenters. The Hall–Kier alpha value is -1.09. The van der Waals surface area contributed by atoms with Gasteiger partial charge in [0.15, 0.2) is 0 Å². The van der Waals surface area contributed by atoms with Crippen LogP contribution in [0.4, 0.5) is 0 Å². The second kappa shape index (κ2) is 5.54. The topological polar surface area (TPSA) is 48.1 Å². The van der Waals surface area contributed by atoms with Gasteiger partial charge in [-0.1, -0.05) is 13.3 Å². The van der Waals surface area contributed by atoms with Crippen LogP contribution in [-0.4, -0.2) is 11.6 Å². The van der Waals surface area contributed by atoms with E-state index >= 15 is 0 Å². The molecule has 0 aliphatic carbocycles. The van der Waals surface area contributed by atoms with Gasteiger partial charge in [0.1, 0.15) is 5.75 Å². The van der Waals surface area contributed by atoms with Crippen molar-refractivity contribution in [2.24, 2.45) is 5.73 Å². The minimum Gasteiger partial charge on any atom is -0.492 e. The van der Waals surface area contributed by atoms with Crippen LogP contribution in [0.25, 0.3) is 0 Å². The molecule has 0 aromatic carbocycles. The fourth-order valence-electron chi connectivity index (χ4n) is 0.951. The molecule has 1 aromatic heterocycles. The highest BCUT2D eigenvalue weighted by molar-refractivity contribution is 5.19. The third-order valence-electron chi connectivity index (χ3n) is 1.77. The van der Waals surface area contributed by atoms with E-state index in [-0.39, 0.29) is 0 Å². The molecule has 3 nitrogen and oxygen atoms in total. The third kappa shape index (κ3) is 3.42. The van der Waals surface area contributed by atoms with E-state index in [4.69, 9.17) is 10.5 Å². The number of hydrogen-bond acceptors (Lipinski definition) is 3. The molecule has 0 saturated carbocycles. The fourth-order valence-corrected chi connectivity index (χ4v) is 0.951. The Labute approximate surface area is 78.9 Å². The number of ether oxygens (including phenoxy) is 1. The highest BCUT2D eigenvalue weighted by Crippen LogP contribution is 2.09. The molecule has 2 N–H and O–H groups in total. The van der Waals surface area contributed by atoms with Crippen molar-refractivity contribution in [2.75, 3.05) is 6.61 Å². The molecule has 0 aliphatic rings. The predicted octanol–water partition coefficient (Wildman–Crippen LogP) is 1.72.